The first kappa shape index (κ1) is 21.3. The van der Waals surface area contributed by atoms with Crippen LogP contribution in [0.4, 0.5) is 4.39 Å². The zero-order valence-corrected chi connectivity index (χ0v) is 16.5. The summed E-state index contributed by atoms with van der Waals surface area (Å²) >= 11 is 5.99. The van der Waals surface area contributed by atoms with Crippen LogP contribution in [0.15, 0.2) is 47.4 Å². The van der Waals surface area contributed by atoms with E-state index in [4.69, 9.17) is 16.3 Å². The van der Waals surface area contributed by atoms with Gasteiger partial charge in [0.15, 0.2) is 0 Å². The summed E-state index contributed by atoms with van der Waals surface area (Å²) in [6.45, 7) is 0.383. The molecule has 0 fully saturated rings. The van der Waals surface area contributed by atoms with Crippen LogP contribution in [-0.2, 0) is 21.3 Å². The summed E-state index contributed by atoms with van der Waals surface area (Å²) in [5.41, 5.74) is 0.498. The van der Waals surface area contributed by atoms with Crippen molar-refractivity contribution in [2.45, 2.75) is 11.4 Å². The van der Waals surface area contributed by atoms with Crippen LogP contribution in [-0.4, -0.2) is 46.5 Å². The molecule has 27 heavy (non-hydrogen) atoms. The van der Waals surface area contributed by atoms with Crippen LogP contribution in [0.5, 0.6) is 0 Å². The molecule has 0 aliphatic carbocycles. The molecule has 0 aromatic heterocycles. The number of ether oxygens (including phenoxy) is 1. The highest BCUT2D eigenvalue weighted by molar-refractivity contribution is 7.89. The van der Waals surface area contributed by atoms with Crippen molar-refractivity contribution in [1.29, 1.82) is 0 Å². The number of carbonyl (C=O) groups is 1. The minimum Gasteiger partial charge on any atom is -0.383 e. The Labute approximate surface area is 162 Å². The average Bonchev–Trinajstić information content (AvgIpc) is 2.64. The van der Waals surface area contributed by atoms with Crippen LogP contribution < -0.4 is 4.72 Å². The minimum absolute atomic E-state index is 0.0109. The van der Waals surface area contributed by atoms with Gasteiger partial charge < -0.3 is 9.64 Å². The molecule has 0 heterocycles. The number of amides is 1. The predicted octanol–water partition coefficient (Wildman–Crippen LogP) is 2.68. The third kappa shape index (κ3) is 5.49. The van der Waals surface area contributed by atoms with Crippen molar-refractivity contribution in [2.75, 3.05) is 27.3 Å². The Morgan fingerprint density at radius 3 is 2.48 bits per heavy atom. The quantitative estimate of drug-likeness (QED) is 0.674. The highest BCUT2D eigenvalue weighted by atomic mass is 35.5. The number of methoxy groups -OCH3 is 1. The van der Waals surface area contributed by atoms with Gasteiger partial charge in [0.25, 0.3) is 5.91 Å². The lowest BCUT2D eigenvalue weighted by Gasteiger charge is -2.18. The van der Waals surface area contributed by atoms with Crippen molar-refractivity contribution >= 4 is 27.5 Å². The van der Waals surface area contributed by atoms with Gasteiger partial charge in [-0.05, 0) is 36.4 Å². The van der Waals surface area contributed by atoms with E-state index in [1.54, 1.807) is 6.07 Å². The molecule has 0 aliphatic heterocycles. The van der Waals surface area contributed by atoms with Crippen molar-refractivity contribution in [2.24, 2.45) is 0 Å². The van der Waals surface area contributed by atoms with Crippen molar-refractivity contribution in [1.82, 2.24) is 9.62 Å². The maximum atomic E-state index is 13.9. The van der Waals surface area contributed by atoms with E-state index in [9.17, 15) is 17.6 Å². The van der Waals surface area contributed by atoms with Gasteiger partial charge in [0, 0.05) is 43.4 Å². The monoisotopic (exact) mass is 414 g/mol. The van der Waals surface area contributed by atoms with Gasteiger partial charge >= 0.3 is 0 Å². The molecule has 0 spiro atoms. The number of sulfonamides is 1. The van der Waals surface area contributed by atoms with E-state index in [1.165, 1.54) is 55.5 Å². The van der Waals surface area contributed by atoms with Crippen molar-refractivity contribution in [3.05, 3.63) is 64.4 Å². The Bertz CT molecular complexity index is 884. The summed E-state index contributed by atoms with van der Waals surface area (Å²) in [4.78, 5) is 13.9. The first-order valence-electron chi connectivity index (χ1n) is 8.03. The van der Waals surface area contributed by atoms with E-state index in [0.29, 0.717) is 0 Å². The number of nitrogens with zero attached hydrogens (tertiary/aromatic N) is 1. The van der Waals surface area contributed by atoms with Gasteiger partial charge in [-0.2, -0.15) is 0 Å². The Morgan fingerprint density at radius 1 is 1.22 bits per heavy atom. The molecule has 6 nitrogen and oxygen atoms in total. The molecule has 0 radical (unpaired) electrons. The summed E-state index contributed by atoms with van der Waals surface area (Å²) in [7, 11) is -0.689. The second-order valence-electron chi connectivity index (χ2n) is 5.78. The second-order valence-corrected chi connectivity index (χ2v) is 7.95. The zero-order valence-electron chi connectivity index (χ0n) is 14.9. The number of hydrogen-bond acceptors (Lipinski definition) is 4. The molecule has 0 bridgehead atoms. The number of rotatable bonds is 8. The fourth-order valence-electron chi connectivity index (χ4n) is 2.35. The van der Waals surface area contributed by atoms with Crippen molar-refractivity contribution in [3.63, 3.8) is 0 Å². The van der Waals surface area contributed by atoms with E-state index in [1.807, 2.05) is 0 Å². The number of nitrogens with one attached hydrogen (secondary N) is 1. The predicted molar refractivity (Wildman–Crippen MR) is 101 cm³/mol. The Balaban J connectivity index is 2.11. The molecule has 0 atom stereocenters. The summed E-state index contributed by atoms with van der Waals surface area (Å²) in [6.07, 6.45) is 0. The summed E-state index contributed by atoms with van der Waals surface area (Å²) < 4.78 is 45.3. The van der Waals surface area contributed by atoms with E-state index >= 15 is 0 Å². The van der Waals surface area contributed by atoms with Crippen molar-refractivity contribution in [3.8, 4) is 0 Å². The lowest BCUT2D eigenvalue weighted by molar-refractivity contribution is 0.0784. The van der Waals surface area contributed by atoms with Gasteiger partial charge in [0.05, 0.1) is 11.5 Å². The molecule has 146 valence electrons. The Kier molecular flexibility index (Phi) is 7.32. The van der Waals surface area contributed by atoms with E-state index in [0.717, 1.165) is 0 Å². The Hall–Kier alpha value is -2.00. The molecule has 1 N–H and O–H groups in total. The molecular formula is C18H20ClFN2O4S. The van der Waals surface area contributed by atoms with Gasteiger partial charge in [0.2, 0.25) is 10.0 Å². The van der Waals surface area contributed by atoms with E-state index in [2.05, 4.69) is 4.72 Å². The van der Waals surface area contributed by atoms with Crippen LogP contribution in [0.2, 0.25) is 5.02 Å². The summed E-state index contributed by atoms with van der Waals surface area (Å²) in [6, 6.07) is 9.81. The number of carbonyl (C=O) groups excluding carboxylic acids is 1. The molecule has 0 saturated heterocycles. The first-order chi connectivity index (χ1) is 12.8. The van der Waals surface area contributed by atoms with Gasteiger partial charge in [-0.25, -0.2) is 17.5 Å². The molecule has 2 rings (SSSR count). The smallest absolute Gasteiger partial charge is 0.253 e. The zero-order chi connectivity index (χ0) is 20.0. The largest absolute Gasteiger partial charge is 0.383 e. The van der Waals surface area contributed by atoms with Crippen LogP contribution in [0, 0.1) is 5.82 Å². The molecule has 2 aromatic carbocycles. The molecule has 2 aromatic rings. The number of benzene rings is 2. The first-order valence-corrected chi connectivity index (χ1v) is 9.89. The topological polar surface area (TPSA) is 75.7 Å². The average molecular weight is 415 g/mol. The minimum atomic E-state index is -3.68. The standard InChI is InChI=1S/C18H20ClFN2O4S/c1-22(12-15-16(19)4-3-5-17(15)20)18(23)13-6-8-14(9-7-13)27(24,25)21-10-11-26-2/h3-9,21H,10-12H2,1-2H3. The van der Waals surface area contributed by atoms with Crippen LogP contribution in [0.25, 0.3) is 0 Å². The molecule has 9 heteroatoms. The lowest BCUT2D eigenvalue weighted by atomic mass is 10.1. The van der Waals surface area contributed by atoms with Gasteiger partial charge in [-0.1, -0.05) is 17.7 Å². The maximum Gasteiger partial charge on any atom is 0.253 e. The van der Waals surface area contributed by atoms with E-state index < -0.39 is 15.8 Å². The summed E-state index contributed by atoms with van der Waals surface area (Å²) in [5.74, 6) is -0.878. The molecule has 0 saturated carbocycles. The molecule has 0 unspecified atom stereocenters. The molecule has 1 amide bonds. The fourth-order valence-corrected chi connectivity index (χ4v) is 3.59. The number of halogens is 2. The third-order valence-electron chi connectivity index (χ3n) is 3.81. The Morgan fingerprint density at radius 2 is 1.89 bits per heavy atom. The van der Waals surface area contributed by atoms with Crippen LogP contribution in [0.3, 0.4) is 0 Å². The normalized spacial score (nSPS) is 11.4. The highest BCUT2D eigenvalue weighted by Crippen LogP contribution is 2.21. The SMILES string of the molecule is COCCNS(=O)(=O)c1ccc(C(=O)N(C)Cc2c(F)cccc2Cl)cc1. The lowest BCUT2D eigenvalue weighted by Crippen LogP contribution is -2.28. The van der Waals surface area contributed by atoms with Crippen LogP contribution in [0.1, 0.15) is 15.9 Å². The fraction of sp³-hybridized carbons (Fsp3) is 0.278. The third-order valence-corrected chi connectivity index (χ3v) is 5.64. The van der Waals surface area contributed by atoms with Gasteiger partial charge in [0.1, 0.15) is 5.82 Å². The van der Waals surface area contributed by atoms with Gasteiger partial charge in [-0.3, -0.25) is 4.79 Å². The van der Waals surface area contributed by atoms with Gasteiger partial charge in [-0.15, -0.1) is 0 Å². The highest BCUT2D eigenvalue weighted by Gasteiger charge is 2.18. The molecular weight excluding hydrogens is 395 g/mol. The maximum absolute atomic E-state index is 13.9. The molecule has 0 aliphatic rings. The van der Waals surface area contributed by atoms with Crippen molar-refractivity contribution < 1.29 is 22.3 Å². The van der Waals surface area contributed by atoms with E-state index in [-0.39, 0.29) is 46.6 Å². The second kappa shape index (κ2) is 9.27. The summed E-state index contributed by atoms with van der Waals surface area (Å²) in [5, 5.41) is 0.234. The number of hydrogen-bond donors (Lipinski definition) is 1. The van der Waals surface area contributed by atoms with Crippen LogP contribution >= 0.6 is 11.6 Å².